The molecule has 1 aliphatic rings. The van der Waals surface area contributed by atoms with Crippen LogP contribution in [0.2, 0.25) is 0 Å². The highest BCUT2D eigenvalue weighted by molar-refractivity contribution is 4.77. The minimum Gasteiger partial charge on any atom is -0.314 e. The first-order valence-electron chi connectivity index (χ1n) is 4.35. The zero-order chi connectivity index (χ0) is 8.10. The molecule has 1 heterocycles. The summed E-state index contributed by atoms with van der Waals surface area (Å²) in [7, 11) is 1.67. The fraction of sp³-hybridized carbons (Fsp3) is 1.00. The monoisotopic (exact) mass is 158 g/mol. The number of rotatable bonds is 4. The van der Waals surface area contributed by atoms with E-state index in [0.717, 1.165) is 6.42 Å². The van der Waals surface area contributed by atoms with Gasteiger partial charge >= 0.3 is 0 Å². The minimum atomic E-state index is 0.454. The number of hydroxylamine groups is 1. The Morgan fingerprint density at radius 3 is 3.09 bits per heavy atom. The Bertz CT molecular complexity index is 102. The Hall–Kier alpha value is -0.120. The first-order valence-corrected chi connectivity index (χ1v) is 4.35. The third kappa shape index (κ3) is 3.18. The van der Waals surface area contributed by atoms with Crippen LogP contribution in [-0.2, 0) is 4.84 Å². The molecular weight excluding hydrogens is 140 g/mol. The lowest BCUT2D eigenvalue weighted by Gasteiger charge is -2.16. The van der Waals surface area contributed by atoms with Crippen LogP contribution in [0.15, 0.2) is 0 Å². The van der Waals surface area contributed by atoms with E-state index < -0.39 is 0 Å². The summed E-state index contributed by atoms with van der Waals surface area (Å²) in [6.07, 6.45) is 3.80. The van der Waals surface area contributed by atoms with Gasteiger partial charge in [0.1, 0.15) is 0 Å². The molecule has 0 bridgehead atoms. The molecule has 1 aliphatic heterocycles. The topological polar surface area (TPSA) is 33.3 Å². The fourth-order valence-electron chi connectivity index (χ4n) is 1.63. The quantitative estimate of drug-likeness (QED) is 0.590. The van der Waals surface area contributed by atoms with E-state index >= 15 is 0 Å². The van der Waals surface area contributed by atoms with Crippen LogP contribution in [0.4, 0.5) is 0 Å². The van der Waals surface area contributed by atoms with Crippen LogP contribution >= 0.6 is 0 Å². The van der Waals surface area contributed by atoms with Gasteiger partial charge in [0.05, 0.1) is 7.11 Å². The molecule has 0 amide bonds. The number of nitrogens with one attached hydrogen (secondary N) is 2. The maximum absolute atomic E-state index is 4.84. The van der Waals surface area contributed by atoms with Gasteiger partial charge in [-0.25, -0.2) is 5.48 Å². The van der Waals surface area contributed by atoms with Crippen LogP contribution in [0.1, 0.15) is 26.2 Å². The molecule has 2 unspecified atom stereocenters. The lowest BCUT2D eigenvalue weighted by Crippen LogP contribution is -2.33. The maximum Gasteiger partial charge on any atom is 0.0572 e. The van der Waals surface area contributed by atoms with Gasteiger partial charge in [-0.3, -0.25) is 0 Å². The molecule has 2 N–H and O–H groups in total. The molecule has 0 saturated carbocycles. The van der Waals surface area contributed by atoms with Gasteiger partial charge in [-0.2, -0.15) is 0 Å². The summed E-state index contributed by atoms with van der Waals surface area (Å²) in [5.41, 5.74) is 2.93. The molecule has 1 fully saturated rings. The molecule has 1 rings (SSSR count). The Balaban J connectivity index is 2.08. The predicted molar refractivity (Wildman–Crippen MR) is 45.2 cm³/mol. The summed E-state index contributed by atoms with van der Waals surface area (Å²) in [4.78, 5) is 4.84. The van der Waals surface area contributed by atoms with Crippen molar-refractivity contribution in [2.24, 2.45) is 0 Å². The van der Waals surface area contributed by atoms with Gasteiger partial charge in [-0.15, -0.1) is 0 Å². The lowest BCUT2D eigenvalue weighted by molar-refractivity contribution is 0.0609. The van der Waals surface area contributed by atoms with E-state index in [-0.39, 0.29) is 0 Å². The molecule has 3 nitrogen and oxygen atoms in total. The molecule has 0 aromatic heterocycles. The molecule has 66 valence electrons. The Morgan fingerprint density at radius 1 is 1.73 bits per heavy atom. The second-order valence-corrected chi connectivity index (χ2v) is 3.25. The van der Waals surface area contributed by atoms with Gasteiger partial charge in [0.2, 0.25) is 0 Å². The number of hydrogen-bond acceptors (Lipinski definition) is 3. The Labute approximate surface area is 68.5 Å². The van der Waals surface area contributed by atoms with Crippen molar-refractivity contribution in [2.75, 3.05) is 13.7 Å². The summed E-state index contributed by atoms with van der Waals surface area (Å²) in [5, 5.41) is 3.45. The zero-order valence-corrected chi connectivity index (χ0v) is 7.39. The molecule has 0 aromatic rings. The molecule has 2 atom stereocenters. The van der Waals surface area contributed by atoms with Gasteiger partial charge in [-0.1, -0.05) is 0 Å². The van der Waals surface area contributed by atoms with Gasteiger partial charge in [0, 0.05) is 12.1 Å². The van der Waals surface area contributed by atoms with Crippen LogP contribution in [0.5, 0.6) is 0 Å². The summed E-state index contributed by atoms with van der Waals surface area (Å²) in [6.45, 7) is 3.33. The highest BCUT2D eigenvalue weighted by Gasteiger charge is 2.16. The van der Waals surface area contributed by atoms with Crippen LogP contribution < -0.4 is 10.8 Å². The molecule has 0 spiro atoms. The van der Waals surface area contributed by atoms with Crippen molar-refractivity contribution in [3.05, 3.63) is 0 Å². The van der Waals surface area contributed by atoms with E-state index in [1.807, 2.05) is 0 Å². The first kappa shape index (κ1) is 8.97. The van der Waals surface area contributed by atoms with Crippen LogP contribution in [0.25, 0.3) is 0 Å². The SMILES string of the molecule is CONC(C)CC1CCCN1. The standard InChI is InChI=1S/C8H18N2O/c1-7(10-11-2)6-8-4-3-5-9-8/h7-10H,3-6H2,1-2H3. The van der Waals surface area contributed by atoms with E-state index in [1.54, 1.807) is 7.11 Å². The highest BCUT2D eigenvalue weighted by Crippen LogP contribution is 2.10. The van der Waals surface area contributed by atoms with E-state index in [9.17, 15) is 0 Å². The van der Waals surface area contributed by atoms with Crippen molar-refractivity contribution in [3.8, 4) is 0 Å². The second kappa shape index (κ2) is 4.70. The van der Waals surface area contributed by atoms with Crippen molar-refractivity contribution in [1.29, 1.82) is 0 Å². The molecular formula is C8H18N2O. The van der Waals surface area contributed by atoms with Crippen LogP contribution in [0, 0.1) is 0 Å². The molecule has 0 aromatic carbocycles. The van der Waals surface area contributed by atoms with Crippen molar-refractivity contribution in [2.45, 2.75) is 38.3 Å². The minimum absolute atomic E-state index is 0.454. The predicted octanol–water partition coefficient (Wildman–Crippen LogP) is 0.668. The van der Waals surface area contributed by atoms with Gasteiger partial charge < -0.3 is 10.2 Å². The molecule has 3 heteroatoms. The Kier molecular flexibility index (Phi) is 3.83. The maximum atomic E-state index is 4.84. The molecule has 0 radical (unpaired) electrons. The summed E-state index contributed by atoms with van der Waals surface area (Å²) < 4.78 is 0. The summed E-state index contributed by atoms with van der Waals surface area (Å²) in [6, 6.07) is 1.16. The third-order valence-electron chi connectivity index (χ3n) is 2.12. The lowest BCUT2D eigenvalue weighted by atomic mass is 10.1. The summed E-state index contributed by atoms with van der Waals surface area (Å²) >= 11 is 0. The largest absolute Gasteiger partial charge is 0.314 e. The van der Waals surface area contributed by atoms with E-state index in [4.69, 9.17) is 4.84 Å². The van der Waals surface area contributed by atoms with Crippen molar-refractivity contribution in [1.82, 2.24) is 10.8 Å². The third-order valence-corrected chi connectivity index (χ3v) is 2.12. The molecule has 1 saturated heterocycles. The smallest absolute Gasteiger partial charge is 0.0572 e. The molecule has 11 heavy (non-hydrogen) atoms. The van der Waals surface area contributed by atoms with Crippen molar-refractivity contribution >= 4 is 0 Å². The van der Waals surface area contributed by atoms with Crippen LogP contribution in [-0.4, -0.2) is 25.7 Å². The zero-order valence-electron chi connectivity index (χ0n) is 7.39. The highest BCUT2D eigenvalue weighted by atomic mass is 16.6. The Morgan fingerprint density at radius 2 is 2.55 bits per heavy atom. The van der Waals surface area contributed by atoms with E-state index in [0.29, 0.717) is 12.1 Å². The average molecular weight is 158 g/mol. The van der Waals surface area contributed by atoms with Crippen molar-refractivity contribution in [3.63, 3.8) is 0 Å². The van der Waals surface area contributed by atoms with Gasteiger partial charge in [0.15, 0.2) is 0 Å². The summed E-state index contributed by atoms with van der Waals surface area (Å²) in [5.74, 6) is 0. The number of hydrogen-bond donors (Lipinski definition) is 2. The second-order valence-electron chi connectivity index (χ2n) is 3.25. The average Bonchev–Trinajstić information content (AvgIpc) is 2.40. The van der Waals surface area contributed by atoms with E-state index in [2.05, 4.69) is 17.7 Å². The fourth-order valence-corrected chi connectivity index (χ4v) is 1.63. The van der Waals surface area contributed by atoms with Crippen molar-refractivity contribution < 1.29 is 4.84 Å². The van der Waals surface area contributed by atoms with Gasteiger partial charge in [0.25, 0.3) is 0 Å². The van der Waals surface area contributed by atoms with E-state index in [1.165, 1.54) is 19.4 Å². The molecule has 0 aliphatic carbocycles. The van der Waals surface area contributed by atoms with Gasteiger partial charge in [-0.05, 0) is 32.7 Å². The van der Waals surface area contributed by atoms with Crippen LogP contribution in [0.3, 0.4) is 0 Å². The first-order chi connectivity index (χ1) is 5.33. The normalized spacial score (nSPS) is 27.3.